The van der Waals surface area contributed by atoms with E-state index >= 15 is 0 Å². The maximum atomic E-state index is 12.5. The lowest BCUT2D eigenvalue weighted by Crippen LogP contribution is -2.22. The molecule has 2 rings (SSSR count). The highest BCUT2D eigenvalue weighted by atomic mass is 32.1. The maximum Gasteiger partial charge on any atom is 0.341 e. The molecule has 0 spiro atoms. The molecule has 0 radical (unpaired) electrons. The number of ether oxygens (including phenoxy) is 2. The van der Waals surface area contributed by atoms with Crippen molar-refractivity contribution in [1.29, 1.82) is 0 Å². The molecule has 0 atom stereocenters. The Hall–Kier alpha value is -2.34. The van der Waals surface area contributed by atoms with Crippen LogP contribution in [-0.2, 0) is 9.53 Å². The number of rotatable bonds is 9. The Morgan fingerprint density at radius 1 is 1.11 bits per heavy atom. The molecule has 5 nitrogen and oxygen atoms in total. The van der Waals surface area contributed by atoms with Crippen LogP contribution in [0.2, 0.25) is 0 Å². The van der Waals surface area contributed by atoms with Crippen molar-refractivity contribution < 1.29 is 19.1 Å². The lowest BCUT2D eigenvalue weighted by Gasteiger charge is -2.13. The first-order chi connectivity index (χ1) is 13.0. The SMILES string of the molecule is CCCOc1ccc(-c2csc(NC(=O)C(CC)CC)c2C(=O)OC)cc1. The first-order valence-corrected chi connectivity index (χ1v) is 10.2. The molecule has 0 saturated carbocycles. The Labute approximate surface area is 164 Å². The van der Waals surface area contributed by atoms with E-state index in [-0.39, 0.29) is 11.8 Å². The standard InChI is InChI=1S/C21H27NO4S/c1-5-12-26-16-10-8-15(9-11-16)17-13-27-20(18(17)21(24)25-4)22-19(23)14(6-2)7-3/h8-11,13-14H,5-7,12H2,1-4H3,(H,22,23). The number of nitrogens with one attached hydrogen (secondary N) is 1. The van der Waals surface area contributed by atoms with Crippen molar-refractivity contribution in [3.63, 3.8) is 0 Å². The van der Waals surface area contributed by atoms with Gasteiger partial charge < -0.3 is 14.8 Å². The lowest BCUT2D eigenvalue weighted by molar-refractivity contribution is -0.120. The number of esters is 1. The van der Waals surface area contributed by atoms with Crippen LogP contribution in [0.1, 0.15) is 50.4 Å². The third-order valence-corrected chi connectivity index (χ3v) is 5.31. The summed E-state index contributed by atoms with van der Waals surface area (Å²) in [6.45, 7) is 6.69. The molecule has 1 aromatic heterocycles. The van der Waals surface area contributed by atoms with Gasteiger partial charge in [0.05, 0.1) is 13.7 Å². The first-order valence-electron chi connectivity index (χ1n) is 9.29. The largest absolute Gasteiger partial charge is 0.494 e. The van der Waals surface area contributed by atoms with E-state index in [1.807, 2.05) is 43.5 Å². The summed E-state index contributed by atoms with van der Waals surface area (Å²) in [6.07, 6.45) is 2.46. The molecule has 1 N–H and O–H groups in total. The van der Waals surface area contributed by atoms with Crippen LogP contribution in [0.5, 0.6) is 5.75 Å². The average Bonchev–Trinajstić information content (AvgIpc) is 3.10. The van der Waals surface area contributed by atoms with Gasteiger partial charge in [-0.2, -0.15) is 0 Å². The number of carbonyl (C=O) groups is 2. The molecule has 1 heterocycles. The van der Waals surface area contributed by atoms with E-state index in [4.69, 9.17) is 9.47 Å². The van der Waals surface area contributed by atoms with Crippen LogP contribution in [0.15, 0.2) is 29.6 Å². The molecular formula is C21H27NO4S. The zero-order valence-electron chi connectivity index (χ0n) is 16.3. The second-order valence-corrected chi connectivity index (χ2v) is 7.10. The Morgan fingerprint density at radius 3 is 2.33 bits per heavy atom. The highest BCUT2D eigenvalue weighted by molar-refractivity contribution is 7.15. The molecule has 0 aliphatic carbocycles. The van der Waals surface area contributed by atoms with Crippen LogP contribution in [0.25, 0.3) is 11.1 Å². The minimum Gasteiger partial charge on any atom is -0.494 e. The van der Waals surface area contributed by atoms with Crippen LogP contribution in [0, 0.1) is 5.92 Å². The third kappa shape index (κ3) is 5.10. The molecule has 0 bridgehead atoms. The van der Waals surface area contributed by atoms with Crippen molar-refractivity contribution in [2.75, 3.05) is 19.0 Å². The van der Waals surface area contributed by atoms with E-state index in [1.165, 1.54) is 18.4 Å². The first kappa shape index (κ1) is 21.0. The number of thiophene rings is 1. The topological polar surface area (TPSA) is 64.6 Å². The lowest BCUT2D eigenvalue weighted by atomic mass is 10.0. The Kier molecular flexibility index (Phi) is 7.85. The van der Waals surface area contributed by atoms with Gasteiger partial charge >= 0.3 is 5.97 Å². The van der Waals surface area contributed by atoms with Crippen LogP contribution < -0.4 is 10.1 Å². The Bertz CT molecular complexity index is 763. The van der Waals surface area contributed by atoms with Gasteiger partial charge in [0.2, 0.25) is 5.91 Å². The number of benzene rings is 1. The summed E-state index contributed by atoms with van der Waals surface area (Å²) in [6, 6.07) is 7.58. The molecule has 0 saturated heterocycles. The average molecular weight is 390 g/mol. The van der Waals surface area contributed by atoms with Crippen molar-refractivity contribution >= 4 is 28.2 Å². The van der Waals surface area contributed by atoms with Gasteiger partial charge in [-0.25, -0.2) is 4.79 Å². The number of hydrogen-bond acceptors (Lipinski definition) is 5. The number of carbonyl (C=O) groups excluding carboxylic acids is 2. The molecule has 6 heteroatoms. The summed E-state index contributed by atoms with van der Waals surface area (Å²) in [7, 11) is 1.35. The normalized spacial score (nSPS) is 10.7. The van der Waals surface area contributed by atoms with Crippen LogP contribution in [0.4, 0.5) is 5.00 Å². The predicted octanol–water partition coefficient (Wildman–Crippen LogP) is 5.37. The van der Waals surface area contributed by atoms with E-state index in [0.29, 0.717) is 17.2 Å². The molecule has 0 fully saturated rings. The van der Waals surface area contributed by atoms with Crippen molar-refractivity contribution in [2.45, 2.75) is 40.0 Å². The summed E-state index contributed by atoms with van der Waals surface area (Å²) in [5.74, 6) is 0.188. The van der Waals surface area contributed by atoms with Crippen molar-refractivity contribution in [1.82, 2.24) is 0 Å². The maximum absolute atomic E-state index is 12.5. The summed E-state index contributed by atoms with van der Waals surface area (Å²) in [4.78, 5) is 24.9. The highest BCUT2D eigenvalue weighted by Gasteiger charge is 2.24. The van der Waals surface area contributed by atoms with Crippen molar-refractivity contribution in [3.8, 4) is 16.9 Å². The number of hydrogen-bond donors (Lipinski definition) is 1. The highest BCUT2D eigenvalue weighted by Crippen LogP contribution is 2.37. The second kappa shape index (κ2) is 10.1. The van der Waals surface area contributed by atoms with Gasteiger partial charge in [0.15, 0.2) is 0 Å². The van der Waals surface area contributed by atoms with E-state index in [2.05, 4.69) is 12.2 Å². The molecule has 0 aliphatic heterocycles. The van der Waals surface area contributed by atoms with Gasteiger partial charge in [-0.15, -0.1) is 11.3 Å². The van der Waals surface area contributed by atoms with Gasteiger partial charge in [0.1, 0.15) is 16.3 Å². The predicted molar refractivity (Wildman–Crippen MR) is 110 cm³/mol. The van der Waals surface area contributed by atoms with E-state index in [1.54, 1.807) is 0 Å². The smallest absolute Gasteiger partial charge is 0.341 e. The number of anilines is 1. The number of methoxy groups -OCH3 is 1. The van der Waals surface area contributed by atoms with Crippen LogP contribution in [0.3, 0.4) is 0 Å². The number of amides is 1. The third-order valence-electron chi connectivity index (χ3n) is 4.41. The molecule has 146 valence electrons. The summed E-state index contributed by atoms with van der Waals surface area (Å²) >= 11 is 1.34. The van der Waals surface area contributed by atoms with E-state index in [0.717, 1.165) is 36.1 Å². The fourth-order valence-electron chi connectivity index (χ4n) is 2.79. The monoisotopic (exact) mass is 389 g/mol. The summed E-state index contributed by atoms with van der Waals surface area (Å²) in [5, 5.41) is 5.31. The van der Waals surface area contributed by atoms with Crippen molar-refractivity contribution in [2.24, 2.45) is 5.92 Å². The Morgan fingerprint density at radius 2 is 1.78 bits per heavy atom. The van der Waals surface area contributed by atoms with E-state index in [9.17, 15) is 9.59 Å². The molecule has 27 heavy (non-hydrogen) atoms. The molecule has 1 aromatic carbocycles. The van der Waals surface area contributed by atoms with Gasteiger partial charge in [0, 0.05) is 16.9 Å². The van der Waals surface area contributed by atoms with E-state index < -0.39 is 5.97 Å². The summed E-state index contributed by atoms with van der Waals surface area (Å²) in [5.41, 5.74) is 2.01. The van der Waals surface area contributed by atoms with Gasteiger partial charge in [0.25, 0.3) is 0 Å². The fourth-order valence-corrected chi connectivity index (χ4v) is 3.75. The van der Waals surface area contributed by atoms with Gasteiger partial charge in [-0.3, -0.25) is 4.79 Å². The zero-order valence-corrected chi connectivity index (χ0v) is 17.2. The molecule has 0 unspecified atom stereocenters. The van der Waals surface area contributed by atoms with Crippen molar-refractivity contribution in [3.05, 3.63) is 35.2 Å². The van der Waals surface area contributed by atoms with Crippen LogP contribution >= 0.6 is 11.3 Å². The summed E-state index contributed by atoms with van der Waals surface area (Å²) < 4.78 is 10.6. The minimum absolute atomic E-state index is 0.0677. The zero-order chi connectivity index (χ0) is 19.8. The Balaban J connectivity index is 2.33. The second-order valence-electron chi connectivity index (χ2n) is 6.22. The molecule has 0 aliphatic rings. The van der Waals surface area contributed by atoms with Gasteiger partial charge in [-0.05, 0) is 37.0 Å². The minimum atomic E-state index is -0.461. The molecule has 2 aromatic rings. The molecule has 1 amide bonds. The quantitative estimate of drug-likeness (QED) is 0.586. The molecular weight excluding hydrogens is 362 g/mol. The fraction of sp³-hybridized carbons (Fsp3) is 0.429. The van der Waals surface area contributed by atoms with Gasteiger partial charge in [-0.1, -0.05) is 32.9 Å². The van der Waals surface area contributed by atoms with Crippen LogP contribution in [-0.4, -0.2) is 25.6 Å².